The van der Waals surface area contributed by atoms with Gasteiger partial charge >= 0.3 is 0 Å². The monoisotopic (exact) mass is 344 g/mol. The number of methoxy groups -OCH3 is 1. The van der Waals surface area contributed by atoms with Gasteiger partial charge in [0, 0.05) is 24.1 Å². The maximum absolute atomic E-state index is 10.2. The van der Waals surface area contributed by atoms with Crippen LogP contribution in [0, 0.1) is 0 Å². The molecule has 0 saturated carbocycles. The van der Waals surface area contributed by atoms with Crippen molar-refractivity contribution in [2.45, 2.75) is 57.1 Å². The van der Waals surface area contributed by atoms with Gasteiger partial charge in [-0.3, -0.25) is 0 Å². The van der Waals surface area contributed by atoms with Gasteiger partial charge in [-0.05, 0) is 57.7 Å². The van der Waals surface area contributed by atoms with Gasteiger partial charge in [-0.1, -0.05) is 17.3 Å². The summed E-state index contributed by atoms with van der Waals surface area (Å²) in [6.45, 7) is 6.49. The lowest BCUT2D eigenvalue weighted by Crippen LogP contribution is -2.48. The van der Waals surface area contributed by atoms with Crippen molar-refractivity contribution in [3.63, 3.8) is 0 Å². The normalized spacial score (nSPS) is 24.3. The first-order valence-corrected chi connectivity index (χ1v) is 8.89. The number of nitrogens with one attached hydrogen (secondary N) is 1. The second kappa shape index (κ2) is 6.81. The Hall–Kier alpha value is -1.85. The van der Waals surface area contributed by atoms with Crippen LogP contribution in [0.2, 0.25) is 0 Å². The number of piperidine rings is 1. The third-order valence-electron chi connectivity index (χ3n) is 5.20. The van der Waals surface area contributed by atoms with Crippen LogP contribution in [0.5, 0.6) is 5.75 Å². The highest BCUT2D eigenvalue weighted by Gasteiger charge is 2.39. The molecular weight excluding hydrogens is 316 g/mol. The number of aliphatic hydroxyl groups is 1. The Balaban J connectivity index is 1.91. The van der Waals surface area contributed by atoms with Crippen LogP contribution in [-0.2, 0) is 17.4 Å². The van der Waals surface area contributed by atoms with E-state index in [-0.39, 0.29) is 5.41 Å². The highest BCUT2D eigenvalue weighted by Crippen LogP contribution is 2.37. The summed E-state index contributed by atoms with van der Waals surface area (Å²) in [4.78, 5) is 0. The zero-order valence-corrected chi connectivity index (χ0v) is 15.5. The molecule has 1 aliphatic rings. The van der Waals surface area contributed by atoms with Crippen molar-refractivity contribution in [3.8, 4) is 5.75 Å². The van der Waals surface area contributed by atoms with Gasteiger partial charge in [0.25, 0.3) is 0 Å². The van der Waals surface area contributed by atoms with Crippen molar-refractivity contribution in [1.82, 2.24) is 10.5 Å². The summed E-state index contributed by atoms with van der Waals surface area (Å²) in [5.74, 6) is 1.37. The fourth-order valence-electron chi connectivity index (χ4n) is 3.46. The van der Waals surface area contributed by atoms with Crippen molar-refractivity contribution in [1.29, 1.82) is 0 Å². The van der Waals surface area contributed by atoms with Crippen molar-refractivity contribution in [2.75, 3.05) is 13.7 Å². The topological polar surface area (TPSA) is 67.5 Å². The number of hydrogen-bond acceptors (Lipinski definition) is 5. The highest BCUT2D eigenvalue weighted by atomic mass is 16.5. The fourth-order valence-corrected chi connectivity index (χ4v) is 3.46. The van der Waals surface area contributed by atoms with Gasteiger partial charge in [0.15, 0.2) is 5.76 Å². The van der Waals surface area contributed by atoms with Crippen LogP contribution in [0.15, 0.2) is 34.9 Å². The lowest BCUT2D eigenvalue weighted by molar-refractivity contribution is 0.0473. The van der Waals surface area contributed by atoms with Gasteiger partial charge < -0.3 is 19.7 Å². The zero-order valence-electron chi connectivity index (χ0n) is 15.5. The Morgan fingerprint density at radius 2 is 2.08 bits per heavy atom. The molecule has 1 aromatic heterocycles. The van der Waals surface area contributed by atoms with E-state index in [4.69, 9.17) is 9.26 Å². The molecule has 2 N–H and O–H groups in total. The summed E-state index contributed by atoms with van der Waals surface area (Å²) in [6.07, 6.45) is 2.99. The van der Waals surface area contributed by atoms with Gasteiger partial charge in [-0.15, -0.1) is 0 Å². The van der Waals surface area contributed by atoms with E-state index in [1.54, 1.807) is 21.0 Å². The maximum Gasteiger partial charge on any atom is 0.167 e. The van der Waals surface area contributed by atoms with E-state index < -0.39 is 5.60 Å². The molecule has 0 amide bonds. The predicted molar refractivity (Wildman–Crippen MR) is 96.8 cm³/mol. The molecule has 0 radical (unpaired) electrons. The van der Waals surface area contributed by atoms with Crippen LogP contribution in [-0.4, -0.2) is 30.0 Å². The van der Waals surface area contributed by atoms with Crippen LogP contribution in [0.4, 0.5) is 0 Å². The van der Waals surface area contributed by atoms with Crippen molar-refractivity contribution in [3.05, 3.63) is 47.3 Å². The van der Waals surface area contributed by atoms with Crippen LogP contribution in [0.25, 0.3) is 0 Å². The van der Waals surface area contributed by atoms with Crippen LogP contribution >= 0.6 is 0 Å². The van der Waals surface area contributed by atoms with Crippen LogP contribution < -0.4 is 10.1 Å². The molecule has 2 aromatic rings. The molecule has 0 bridgehead atoms. The molecule has 5 heteroatoms. The Bertz CT molecular complexity index is 692. The van der Waals surface area contributed by atoms with E-state index >= 15 is 0 Å². The molecule has 0 unspecified atom stereocenters. The molecule has 5 nitrogen and oxygen atoms in total. The van der Waals surface area contributed by atoms with Gasteiger partial charge in [-0.2, -0.15) is 0 Å². The molecular formula is C20H28N2O3. The maximum atomic E-state index is 10.2. The lowest BCUT2D eigenvalue weighted by atomic mass is 9.72. The summed E-state index contributed by atoms with van der Waals surface area (Å²) >= 11 is 0. The smallest absolute Gasteiger partial charge is 0.167 e. The minimum absolute atomic E-state index is 0.131. The molecule has 0 spiro atoms. The number of hydrogen-bond donors (Lipinski definition) is 2. The third kappa shape index (κ3) is 3.88. The van der Waals surface area contributed by atoms with E-state index in [1.165, 1.54) is 5.56 Å². The van der Waals surface area contributed by atoms with Gasteiger partial charge in [0.1, 0.15) is 11.4 Å². The van der Waals surface area contributed by atoms with Gasteiger partial charge in [-0.25, -0.2) is 0 Å². The minimum atomic E-state index is -1.03. The molecule has 1 aliphatic heterocycles. The Morgan fingerprint density at radius 1 is 1.36 bits per heavy atom. The average molecular weight is 344 g/mol. The minimum Gasteiger partial charge on any atom is -0.497 e. The number of ether oxygens (including phenoxy) is 1. The molecule has 1 aromatic carbocycles. The SMILES string of the molecule is COc1ccc(C[C@]2(c3cc(C(C)(C)O)on3)CC[C@@H](C)NC2)cc1. The third-order valence-corrected chi connectivity index (χ3v) is 5.20. The Kier molecular flexibility index (Phi) is 4.89. The largest absolute Gasteiger partial charge is 0.497 e. The van der Waals surface area contributed by atoms with Crippen molar-refractivity contribution >= 4 is 0 Å². The summed E-state index contributed by atoms with van der Waals surface area (Å²) in [5, 5.41) is 18.1. The standard InChI is InChI=1S/C20H28N2O3/c1-14-9-10-20(13-21-14,12-15-5-7-16(24-4)8-6-15)17-11-18(25-22-17)19(2,3)23/h5-8,11,14,21,23H,9-10,12-13H2,1-4H3/t14-,20-/m1/s1. The molecule has 3 rings (SSSR count). The first kappa shape index (κ1) is 18.0. The summed E-state index contributed by atoms with van der Waals surface area (Å²) in [6, 6.07) is 10.6. The fraction of sp³-hybridized carbons (Fsp3) is 0.550. The molecule has 25 heavy (non-hydrogen) atoms. The molecule has 1 saturated heterocycles. The van der Waals surface area contributed by atoms with Crippen LogP contribution in [0.3, 0.4) is 0 Å². The first-order valence-electron chi connectivity index (χ1n) is 8.89. The number of rotatable bonds is 5. The lowest BCUT2D eigenvalue weighted by Gasteiger charge is -2.39. The van der Waals surface area contributed by atoms with Crippen molar-refractivity contribution in [2.24, 2.45) is 0 Å². The Morgan fingerprint density at radius 3 is 2.60 bits per heavy atom. The summed E-state index contributed by atoms with van der Waals surface area (Å²) in [5.41, 5.74) is 1.00. The number of aromatic nitrogens is 1. The van der Waals surface area contributed by atoms with E-state index in [2.05, 4.69) is 29.5 Å². The highest BCUT2D eigenvalue weighted by molar-refractivity contribution is 5.31. The zero-order chi connectivity index (χ0) is 18.1. The summed E-state index contributed by atoms with van der Waals surface area (Å²) < 4.78 is 10.7. The van der Waals surface area contributed by atoms with Gasteiger partial charge in [0.05, 0.1) is 12.8 Å². The first-order chi connectivity index (χ1) is 11.8. The summed E-state index contributed by atoms with van der Waals surface area (Å²) in [7, 11) is 1.68. The number of nitrogens with zero attached hydrogens (tertiary/aromatic N) is 1. The van der Waals surface area contributed by atoms with Crippen molar-refractivity contribution < 1.29 is 14.4 Å². The molecule has 2 heterocycles. The van der Waals surface area contributed by atoms with E-state index in [0.717, 1.165) is 37.3 Å². The predicted octanol–water partition coefficient (Wildman–Crippen LogP) is 3.16. The molecule has 1 fully saturated rings. The van der Waals surface area contributed by atoms with Gasteiger partial charge in [0.2, 0.25) is 0 Å². The molecule has 0 aliphatic carbocycles. The van der Waals surface area contributed by atoms with Crippen LogP contribution in [0.1, 0.15) is 50.6 Å². The second-order valence-corrected chi connectivity index (χ2v) is 7.76. The second-order valence-electron chi connectivity index (χ2n) is 7.76. The van der Waals surface area contributed by atoms with E-state index in [1.807, 2.05) is 18.2 Å². The van der Waals surface area contributed by atoms with E-state index in [0.29, 0.717) is 11.8 Å². The molecule has 136 valence electrons. The average Bonchev–Trinajstić information content (AvgIpc) is 3.09. The van der Waals surface area contributed by atoms with E-state index in [9.17, 15) is 5.11 Å². The molecule has 2 atom stereocenters. The Labute approximate surface area is 149 Å². The number of benzene rings is 1. The quantitative estimate of drug-likeness (QED) is 0.872.